The van der Waals surface area contributed by atoms with E-state index in [0.29, 0.717) is 21.5 Å². The van der Waals surface area contributed by atoms with Gasteiger partial charge in [-0.3, -0.25) is 0 Å². The number of pyridine rings is 1. The first-order valence-corrected chi connectivity index (χ1v) is 12.2. The van der Waals surface area contributed by atoms with Crippen LogP contribution in [0.5, 0.6) is 0 Å². The Balaban J connectivity index is 1.36. The maximum Gasteiger partial charge on any atom is 0.148 e. The van der Waals surface area contributed by atoms with Crippen molar-refractivity contribution in [1.29, 1.82) is 0 Å². The largest absolute Gasteiger partial charge is 0.355 e. The molecule has 1 saturated heterocycles. The van der Waals surface area contributed by atoms with Crippen LogP contribution in [0.4, 0.5) is 5.82 Å². The lowest BCUT2D eigenvalue weighted by Crippen LogP contribution is -2.41. The Morgan fingerprint density at radius 1 is 1.10 bits per heavy atom. The average molecular weight is 449 g/mol. The van der Waals surface area contributed by atoms with Gasteiger partial charge in [0.2, 0.25) is 0 Å². The molecule has 0 bridgehead atoms. The SMILES string of the molecule is C[C@@H]1CCCC12CCN(c1cnc(Sc3ccnc(Cl)c3Cl)c(C3CC3)n1)CC2. The Kier molecular flexibility index (Phi) is 5.42. The standard InChI is InChI=1S/C22H26Cl2N4S/c1-14-3-2-7-22(14)8-11-28(12-9-22)17-13-26-21(19(27-17)15-4-5-15)29-16-6-10-25-20(24)18(16)23/h6,10,13-15H,2-5,7-9,11-12H2,1H3/t14-/m1/s1. The van der Waals surface area contributed by atoms with Crippen LogP contribution in [0.15, 0.2) is 28.4 Å². The van der Waals surface area contributed by atoms with Crippen molar-refractivity contribution >= 4 is 40.8 Å². The maximum absolute atomic E-state index is 6.34. The summed E-state index contributed by atoms with van der Waals surface area (Å²) in [4.78, 5) is 17.3. The summed E-state index contributed by atoms with van der Waals surface area (Å²) in [5.41, 5.74) is 1.70. The first-order valence-electron chi connectivity index (χ1n) is 10.7. The number of anilines is 1. The third-order valence-corrected chi connectivity index (χ3v) is 9.12. The summed E-state index contributed by atoms with van der Waals surface area (Å²) in [7, 11) is 0. The molecule has 2 aromatic rings. The summed E-state index contributed by atoms with van der Waals surface area (Å²) in [5, 5.41) is 1.76. The third-order valence-electron chi connectivity index (χ3n) is 7.17. The summed E-state index contributed by atoms with van der Waals surface area (Å²) in [6.45, 7) is 4.65. The Morgan fingerprint density at radius 2 is 1.90 bits per heavy atom. The quantitative estimate of drug-likeness (QED) is 0.491. The Bertz CT molecular complexity index is 910. The van der Waals surface area contributed by atoms with Gasteiger partial charge in [0.25, 0.3) is 0 Å². The molecule has 2 aromatic heterocycles. The van der Waals surface area contributed by atoms with Crippen LogP contribution in [0.2, 0.25) is 10.2 Å². The zero-order valence-electron chi connectivity index (χ0n) is 16.7. The van der Waals surface area contributed by atoms with Crippen LogP contribution in [-0.4, -0.2) is 28.0 Å². The Hall–Kier alpha value is -1.04. The van der Waals surface area contributed by atoms with Crippen LogP contribution in [0.25, 0.3) is 0 Å². The van der Waals surface area contributed by atoms with E-state index >= 15 is 0 Å². The van der Waals surface area contributed by atoms with Crippen LogP contribution in [0.1, 0.15) is 63.5 Å². The summed E-state index contributed by atoms with van der Waals surface area (Å²) >= 11 is 14.0. The summed E-state index contributed by atoms with van der Waals surface area (Å²) in [6.07, 6.45) is 12.8. The molecule has 0 radical (unpaired) electrons. The van der Waals surface area contributed by atoms with Gasteiger partial charge >= 0.3 is 0 Å². The minimum atomic E-state index is 0.331. The van der Waals surface area contributed by atoms with Crippen LogP contribution < -0.4 is 4.90 Å². The molecule has 7 heteroatoms. The lowest BCUT2D eigenvalue weighted by molar-refractivity contribution is 0.161. The number of aromatic nitrogens is 3. The highest BCUT2D eigenvalue weighted by molar-refractivity contribution is 7.99. The van der Waals surface area contributed by atoms with Crippen LogP contribution in [0, 0.1) is 11.3 Å². The van der Waals surface area contributed by atoms with Gasteiger partial charge in [-0.25, -0.2) is 15.0 Å². The van der Waals surface area contributed by atoms with E-state index in [9.17, 15) is 0 Å². The van der Waals surface area contributed by atoms with Crippen molar-refractivity contribution in [2.45, 2.75) is 67.7 Å². The molecule has 29 heavy (non-hydrogen) atoms. The lowest BCUT2D eigenvalue weighted by atomic mass is 9.71. The van der Waals surface area contributed by atoms with Crippen molar-refractivity contribution < 1.29 is 0 Å². The highest BCUT2D eigenvalue weighted by Crippen LogP contribution is 2.51. The van der Waals surface area contributed by atoms with Gasteiger partial charge in [-0.1, -0.05) is 54.7 Å². The molecule has 2 saturated carbocycles. The molecule has 5 rings (SSSR count). The highest BCUT2D eigenvalue weighted by atomic mass is 35.5. The number of nitrogens with zero attached hydrogens (tertiary/aromatic N) is 4. The number of hydrogen-bond acceptors (Lipinski definition) is 5. The maximum atomic E-state index is 6.34. The van der Waals surface area contributed by atoms with E-state index in [0.717, 1.165) is 40.4 Å². The van der Waals surface area contributed by atoms with Gasteiger partial charge in [0.05, 0.1) is 16.9 Å². The van der Waals surface area contributed by atoms with Crippen LogP contribution >= 0.6 is 35.0 Å². The van der Waals surface area contributed by atoms with E-state index < -0.39 is 0 Å². The minimum Gasteiger partial charge on any atom is -0.355 e. The van der Waals surface area contributed by atoms with Crippen molar-refractivity contribution in [1.82, 2.24) is 15.0 Å². The fourth-order valence-electron chi connectivity index (χ4n) is 5.06. The van der Waals surface area contributed by atoms with Crippen LogP contribution in [0.3, 0.4) is 0 Å². The Labute approximate surface area is 186 Å². The van der Waals surface area contributed by atoms with Gasteiger partial charge in [-0.05, 0) is 49.5 Å². The highest BCUT2D eigenvalue weighted by Gasteiger charge is 2.42. The topological polar surface area (TPSA) is 41.9 Å². The molecule has 3 aliphatic rings. The first kappa shape index (κ1) is 19.9. The molecule has 3 heterocycles. The summed E-state index contributed by atoms with van der Waals surface area (Å²) < 4.78 is 0. The monoisotopic (exact) mass is 448 g/mol. The second-order valence-corrected chi connectivity index (χ2v) is 10.6. The smallest absolute Gasteiger partial charge is 0.148 e. The summed E-state index contributed by atoms with van der Waals surface area (Å²) in [5.74, 6) is 2.43. The van der Waals surface area contributed by atoms with Crippen LogP contribution in [-0.2, 0) is 0 Å². The fraction of sp³-hybridized carbons (Fsp3) is 0.591. The Morgan fingerprint density at radius 3 is 2.59 bits per heavy atom. The number of rotatable bonds is 4. The molecule has 0 aromatic carbocycles. The lowest BCUT2D eigenvalue weighted by Gasteiger charge is -2.42. The summed E-state index contributed by atoms with van der Waals surface area (Å²) in [6, 6.07) is 1.89. The molecule has 3 fully saturated rings. The van der Waals surface area contributed by atoms with Gasteiger partial charge in [0.1, 0.15) is 16.0 Å². The average Bonchev–Trinajstić information content (AvgIpc) is 3.52. The molecule has 0 unspecified atom stereocenters. The van der Waals surface area contributed by atoms with E-state index in [-0.39, 0.29) is 0 Å². The van der Waals surface area contributed by atoms with Gasteiger partial charge in [0.15, 0.2) is 0 Å². The molecular weight excluding hydrogens is 423 g/mol. The van der Waals surface area contributed by atoms with Crippen molar-refractivity contribution in [3.8, 4) is 0 Å². The predicted molar refractivity (Wildman–Crippen MR) is 119 cm³/mol. The molecule has 1 spiro atoms. The molecule has 154 valence electrons. The van der Waals surface area contributed by atoms with Crippen molar-refractivity contribution in [2.75, 3.05) is 18.0 Å². The normalized spacial score (nSPS) is 23.7. The minimum absolute atomic E-state index is 0.331. The molecular formula is C22H26Cl2N4S. The molecule has 1 atom stereocenters. The second kappa shape index (κ2) is 7.90. The molecule has 0 amide bonds. The molecule has 1 aliphatic heterocycles. The van der Waals surface area contributed by atoms with Gasteiger partial charge in [0, 0.05) is 30.1 Å². The van der Waals surface area contributed by atoms with E-state index in [1.54, 1.807) is 18.0 Å². The van der Waals surface area contributed by atoms with E-state index in [1.165, 1.54) is 44.9 Å². The number of hydrogen-bond donors (Lipinski definition) is 0. The molecule has 0 N–H and O–H groups in total. The van der Waals surface area contributed by atoms with Crippen molar-refractivity contribution in [2.24, 2.45) is 11.3 Å². The first-order chi connectivity index (χ1) is 14.1. The van der Waals surface area contributed by atoms with E-state index in [2.05, 4.69) is 16.8 Å². The predicted octanol–water partition coefficient (Wildman–Crippen LogP) is 6.61. The van der Waals surface area contributed by atoms with Gasteiger partial charge < -0.3 is 4.90 Å². The zero-order valence-corrected chi connectivity index (χ0v) is 19.0. The second-order valence-electron chi connectivity index (χ2n) is 8.85. The van der Waals surface area contributed by atoms with Gasteiger partial charge in [-0.15, -0.1) is 0 Å². The molecule has 4 nitrogen and oxygen atoms in total. The number of piperidine rings is 1. The van der Waals surface area contributed by atoms with Crippen molar-refractivity contribution in [3.63, 3.8) is 0 Å². The fourth-order valence-corrected chi connectivity index (χ4v) is 6.45. The zero-order chi connectivity index (χ0) is 20.0. The number of halogens is 2. The van der Waals surface area contributed by atoms with Gasteiger partial charge in [-0.2, -0.15) is 0 Å². The third kappa shape index (κ3) is 3.86. The van der Waals surface area contributed by atoms with E-state index in [4.69, 9.17) is 33.2 Å². The van der Waals surface area contributed by atoms with Crippen molar-refractivity contribution in [3.05, 3.63) is 34.3 Å². The van der Waals surface area contributed by atoms with E-state index in [1.807, 2.05) is 12.3 Å². The molecule has 2 aliphatic carbocycles.